The summed E-state index contributed by atoms with van der Waals surface area (Å²) in [5.74, 6) is 0. The molecule has 34 heavy (non-hydrogen) atoms. The highest BCUT2D eigenvalue weighted by molar-refractivity contribution is 7.95. The topological polar surface area (TPSA) is 96.5 Å². The lowest BCUT2D eigenvalue weighted by molar-refractivity contribution is 0.601. The van der Waals surface area contributed by atoms with Crippen molar-refractivity contribution in [3.8, 4) is 0 Å². The Morgan fingerprint density at radius 3 is 1.26 bits per heavy atom. The highest BCUT2D eigenvalue weighted by Gasteiger charge is 2.16. The van der Waals surface area contributed by atoms with Gasteiger partial charge in [-0.25, -0.2) is 16.8 Å². The summed E-state index contributed by atoms with van der Waals surface area (Å²) >= 11 is 0. The summed E-state index contributed by atoms with van der Waals surface area (Å²) in [4.78, 5) is -0.123. The zero-order valence-electron chi connectivity index (χ0n) is 19.3. The van der Waals surface area contributed by atoms with Gasteiger partial charge < -0.3 is 9.44 Å². The van der Waals surface area contributed by atoms with Gasteiger partial charge in [-0.05, 0) is 39.8 Å². The molecule has 0 fully saturated rings. The Hall–Kier alpha value is -3.36. The smallest absolute Gasteiger partial charge is 0.123 e. The van der Waals surface area contributed by atoms with E-state index in [1.54, 1.807) is 50.2 Å². The van der Waals surface area contributed by atoms with E-state index in [1.807, 2.05) is 26.0 Å². The quantitative estimate of drug-likeness (QED) is 0.294. The van der Waals surface area contributed by atoms with Crippen molar-refractivity contribution in [1.29, 1.82) is 0 Å². The maximum absolute atomic E-state index is 13.2. The third kappa shape index (κ3) is 4.64. The third-order valence-electron chi connectivity index (χ3n) is 5.54. The van der Waals surface area contributed by atoms with E-state index >= 15 is 0 Å². The summed E-state index contributed by atoms with van der Waals surface area (Å²) in [6, 6.07) is 19.7. The van der Waals surface area contributed by atoms with Crippen molar-refractivity contribution in [2.24, 2.45) is 0 Å². The summed E-state index contributed by atoms with van der Waals surface area (Å²) in [5, 5.41) is 0.542. The monoisotopic (exact) mass is 492 g/mol. The van der Waals surface area contributed by atoms with Gasteiger partial charge in [-0.1, -0.05) is 82.9 Å². The van der Waals surface area contributed by atoms with Gasteiger partial charge in [0.2, 0.25) is 0 Å². The van der Waals surface area contributed by atoms with Crippen LogP contribution in [-0.2, 0) is 20.0 Å². The number of fused-ring (bicyclic) bond motifs is 1. The van der Waals surface area contributed by atoms with Crippen LogP contribution in [0, 0.1) is 27.7 Å². The molecule has 0 saturated heterocycles. The Balaban J connectivity index is 1.79. The van der Waals surface area contributed by atoms with Gasteiger partial charge in [-0.3, -0.25) is 0 Å². The Bertz CT molecular complexity index is 1500. The summed E-state index contributed by atoms with van der Waals surface area (Å²) in [6.07, 6.45) is 0. The average molecular weight is 493 g/mol. The first kappa shape index (κ1) is 23.8. The molecule has 0 N–H and O–H groups in total. The largest absolute Gasteiger partial charge is 0.572 e. The summed E-state index contributed by atoms with van der Waals surface area (Å²) in [6.45, 7) is 7.43. The second kappa shape index (κ2) is 8.77. The normalized spacial score (nSPS) is 12.0. The fourth-order valence-corrected chi connectivity index (χ4v) is 6.41. The zero-order chi connectivity index (χ0) is 24.7. The number of aryl methyl sites for hydroxylation is 4. The first-order valence-electron chi connectivity index (χ1n) is 10.6. The van der Waals surface area contributed by atoms with Gasteiger partial charge in [0.15, 0.2) is 0 Å². The molecule has 0 saturated carbocycles. The molecule has 0 aliphatic carbocycles. The van der Waals surface area contributed by atoms with E-state index < -0.39 is 20.0 Å². The molecule has 0 spiro atoms. The Morgan fingerprint density at radius 1 is 0.529 bits per heavy atom. The molecule has 0 atom stereocenters. The van der Waals surface area contributed by atoms with Crippen LogP contribution in [-0.4, -0.2) is 16.8 Å². The Kier molecular flexibility index (Phi) is 6.14. The second-order valence-corrected chi connectivity index (χ2v) is 11.5. The zero-order valence-corrected chi connectivity index (χ0v) is 20.9. The molecule has 0 radical (unpaired) electrons. The van der Waals surface area contributed by atoms with Gasteiger partial charge in [-0.15, -0.1) is 11.4 Å². The molecule has 8 heteroatoms. The predicted molar refractivity (Wildman–Crippen MR) is 136 cm³/mol. The van der Waals surface area contributed by atoms with Gasteiger partial charge in [0.25, 0.3) is 0 Å². The Morgan fingerprint density at radius 2 is 0.912 bits per heavy atom. The van der Waals surface area contributed by atoms with E-state index in [-0.39, 0.29) is 20.6 Å². The van der Waals surface area contributed by atoms with E-state index in [0.717, 1.165) is 22.3 Å². The molecule has 176 valence electrons. The van der Waals surface area contributed by atoms with E-state index in [4.69, 9.17) is 0 Å². The molecule has 0 aromatic heterocycles. The van der Waals surface area contributed by atoms with Crippen LogP contribution in [0.2, 0.25) is 0 Å². The minimum Gasteiger partial charge on any atom is -0.572 e. The molecule has 0 amide bonds. The molecule has 0 unspecified atom stereocenters. The van der Waals surface area contributed by atoms with Crippen LogP contribution in [0.5, 0.6) is 0 Å². The van der Waals surface area contributed by atoms with Crippen molar-refractivity contribution in [3.63, 3.8) is 0 Å². The van der Waals surface area contributed by atoms with Gasteiger partial charge in [0.05, 0.1) is 9.79 Å². The van der Waals surface area contributed by atoms with Crippen molar-refractivity contribution in [2.75, 3.05) is 0 Å². The minimum absolute atomic E-state index is 0.0615. The van der Waals surface area contributed by atoms with Gasteiger partial charge >= 0.3 is 0 Å². The number of hydrogen-bond donors (Lipinski definition) is 0. The summed E-state index contributed by atoms with van der Waals surface area (Å²) in [7, 11) is -8.22. The molecule has 6 nitrogen and oxygen atoms in total. The molecular weight excluding hydrogens is 468 g/mol. The highest BCUT2D eigenvalue weighted by atomic mass is 32.2. The van der Waals surface area contributed by atoms with E-state index in [0.29, 0.717) is 11.4 Å². The summed E-state index contributed by atoms with van der Waals surface area (Å²) in [5.41, 5.74) is 4.16. The van der Waals surface area contributed by atoms with Gasteiger partial charge in [0, 0.05) is 10.8 Å². The number of hydrogen-bond acceptors (Lipinski definition) is 4. The van der Waals surface area contributed by atoms with Crippen molar-refractivity contribution in [3.05, 3.63) is 104 Å². The van der Waals surface area contributed by atoms with Crippen molar-refractivity contribution < 1.29 is 16.8 Å². The van der Waals surface area contributed by atoms with Gasteiger partial charge in [-0.2, -0.15) is 0 Å². The van der Waals surface area contributed by atoms with Crippen LogP contribution in [0.15, 0.2) is 82.6 Å². The fraction of sp³-hybridized carbons (Fsp3) is 0.154. The number of benzene rings is 4. The molecule has 4 aromatic rings. The Labute approximate surface area is 200 Å². The first-order valence-corrected chi connectivity index (χ1v) is 13.5. The average Bonchev–Trinajstić information content (AvgIpc) is 2.76. The number of nitrogens with zero attached hydrogens (tertiary/aromatic N) is 2. The lowest BCUT2D eigenvalue weighted by atomic mass is 10.1. The van der Waals surface area contributed by atoms with E-state index in [1.165, 1.54) is 24.3 Å². The molecule has 0 bridgehead atoms. The molecular formula is C26H24N2O4S2-2. The third-order valence-corrected chi connectivity index (χ3v) is 8.24. The fourth-order valence-electron chi connectivity index (χ4n) is 3.88. The van der Waals surface area contributed by atoms with Crippen LogP contribution in [0.1, 0.15) is 22.3 Å². The van der Waals surface area contributed by atoms with Crippen molar-refractivity contribution in [2.45, 2.75) is 37.5 Å². The van der Waals surface area contributed by atoms with Crippen LogP contribution < -0.4 is 0 Å². The van der Waals surface area contributed by atoms with Gasteiger partial charge in [0.1, 0.15) is 20.0 Å². The predicted octanol–water partition coefficient (Wildman–Crippen LogP) is 6.86. The standard InChI is InChI=1S/C26H24N2O4S2/c1-17-11-13-23(19(3)15-17)27-33(29,30)25-9-5-8-22-21(25)7-6-10-26(22)34(31,32)28-24-14-12-18(2)16-20(24)4/h5-16H,1-4H3/q-2. The van der Waals surface area contributed by atoms with Crippen LogP contribution >= 0.6 is 0 Å². The van der Waals surface area contributed by atoms with Crippen LogP contribution in [0.25, 0.3) is 20.2 Å². The van der Waals surface area contributed by atoms with Crippen LogP contribution in [0.3, 0.4) is 0 Å². The summed E-state index contributed by atoms with van der Waals surface area (Å²) < 4.78 is 61.0. The highest BCUT2D eigenvalue weighted by Crippen LogP contribution is 2.38. The SMILES string of the molecule is Cc1ccc([N-]S(=O)(=O)c2cccc3c(S(=O)(=O)[N-]c4ccc(C)cc4C)cccc23)c(C)c1. The molecule has 4 aromatic carbocycles. The molecule has 0 heterocycles. The van der Waals surface area contributed by atoms with E-state index in [9.17, 15) is 16.8 Å². The lowest BCUT2D eigenvalue weighted by Crippen LogP contribution is -2.03. The lowest BCUT2D eigenvalue weighted by Gasteiger charge is -2.27. The maximum atomic E-state index is 13.2. The van der Waals surface area contributed by atoms with Crippen molar-refractivity contribution in [1.82, 2.24) is 0 Å². The number of sulfonamides is 2. The maximum Gasteiger partial charge on any atom is 0.123 e. The molecule has 0 aliphatic rings. The second-order valence-electron chi connectivity index (χ2n) is 8.32. The molecule has 4 rings (SSSR count). The molecule has 0 aliphatic heterocycles. The minimum atomic E-state index is -4.11. The number of rotatable bonds is 6. The first-order chi connectivity index (χ1) is 16.0. The van der Waals surface area contributed by atoms with Crippen molar-refractivity contribution >= 4 is 42.2 Å². The van der Waals surface area contributed by atoms with Crippen LogP contribution in [0.4, 0.5) is 11.4 Å². The van der Waals surface area contributed by atoms with E-state index in [2.05, 4.69) is 9.44 Å².